The summed E-state index contributed by atoms with van der Waals surface area (Å²) in [5.41, 5.74) is 6.79. The molecular weight excluding hydrogens is 306 g/mol. The minimum atomic E-state index is -0.488. The van der Waals surface area contributed by atoms with Crippen molar-refractivity contribution in [2.45, 2.75) is 32.9 Å². The summed E-state index contributed by atoms with van der Waals surface area (Å²) in [5, 5.41) is 2.88. The van der Waals surface area contributed by atoms with Gasteiger partial charge in [0.25, 0.3) is 0 Å². The van der Waals surface area contributed by atoms with Crippen LogP contribution in [0.3, 0.4) is 0 Å². The third-order valence-corrected chi connectivity index (χ3v) is 4.34. The number of nitrogens with zero attached hydrogens (tertiary/aromatic N) is 1. The fourth-order valence-corrected chi connectivity index (χ4v) is 2.64. The van der Waals surface area contributed by atoms with E-state index >= 15 is 0 Å². The second-order valence-electron chi connectivity index (χ2n) is 6.66. The number of benzene rings is 1. The maximum atomic E-state index is 12.1. The molecule has 132 valence electrons. The number of carbonyl (C=O) groups excluding carboxylic acids is 2. The quantitative estimate of drug-likeness (QED) is 0.830. The van der Waals surface area contributed by atoms with Gasteiger partial charge in [0.15, 0.2) is 0 Å². The number of amides is 2. The van der Waals surface area contributed by atoms with Crippen molar-refractivity contribution in [3.8, 4) is 0 Å². The predicted octanol–water partition coefficient (Wildman–Crippen LogP) is 1.74. The van der Waals surface area contributed by atoms with Crippen LogP contribution >= 0.6 is 0 Å². The summed E-state index contributed by atoms with van der Waals surface area (Å²) < 4.78 is 5.34. The summed E-state index contributed by atoms with van der Waals surface area (Å²) in [6.07, 6.45) is 0.559. The van der Waals surface area contributed by atoms with Gasteiger partial charge in [0.1, 0.15) is 6.61 Å². The van der Waals surface area contributed by atoms with E-state index < -0.39 is 6.04 Å². The number of likely N-dealkylation sites (tertiary alicyclic amines) is 1. The molecule has 2 rings (SSSR count). The molecule has 1 aromatic carbocycles. The van der Waals surface area contributed by atoms with Gasteiger partial charge in [-0.3, -0.25) is 4.79 Å². The van der Waals surface area contributed by atoms with E-state index in [0.29, 0.717) is 19.6 Å². The van der Waals surface area contributed by atoms with Crippen molar-refractivity contribution < 1.29 is 14.3 Å². The Morgan fingerprint density at radius 3 is 2.71 bits per heavy atom. The monoisotopic (exact) mass is 333 g/mol. The summed E-state index contributed by atoms with van der Waals surface area (Å²) in [7, 11) is 0. The molecule has 1 aliphatic heterocycles. The van der Waals surface area contributed by atoms with Gasteiger partial charge in [-0.05, 0) is 23.8 Å². The van der Waals surface area contributed by atoms with Crippen molar-refractivity contribution in [2.24, 2.45) is 17.6 Å². The average Bonchev–Trinajstić information content (AvgIpc) is 3.06. The number of nitrogens with one attached hydrogen (secondary N) is 1. The molecule has 3 N–H and O–H groups in total. The number of hydrogen-bond donors (Lipinski definition) is 2. The van der Waals surface area contributed by atoms with E-state index in [4.69, 9.17) is 10.5 Å². The predicted molar refractivity (Wildman–Crippen MR) is 92.1 cm³/mol. The van der Waals surface area contributed by atoms with E-state index in [1.807, 2.05) is 44.2 Å². The van der Waals surface area contributed by atoms with Gasteiger partial charge in [-0.1, -0.05) is 44.2 Å². The molecule has 1 aliphatic rings. The van der Waals surface area contributed by atoms with Crippen LogP contribution in [0.5, 0.6) is 0 Å². The molecule has 1 saturated heterocycles. The number of hydrogen-bond acceptors (Lipinski definition) is 4. The molecule has 2 unspecified atom stereocenters. The minimum absolute atomic E-state index is 0.109. The van der Waals surface area contributed by atoms with Crippen LogP contribution in [0.15, 0.2) is 30.3 Å². The Kier molecular flexibility index (Phi) is 6.61. The maximum absolute atomic E-state index is 12.1. The molecule has 0 spiro atoms. The van der Waals surface area contributed by atoms with Gasteiger partial charge < -0.3 is 20.7 Å². The highest BCUT2D eigenvalue weighted by molar-refractivity contribution is 5.81. The zero-order chi connectivity index (χ0) is 17.5. The van der Waals surface area contributed by atoms with Gasteiger partial charge in [0.2, 0.25) is 5.91 Å². The average molecular weight is 333 g/mol. The van der Waals surface area contributed by atoms with Crippen molar-refractivity contribution >= 4 is 12.0 Å². The molecule has 1 heterocycles. The Hall–Kier alpha value is -2.08. The first-order chi connectivity index (χ1) is 11.5. The van der Waals surface area contributed by atoms with E-state index in [2.05, 4.69) is 5.32 Å². The van der Waals surface area contributed by atoms with E-state index in [9.17, 15) is 9.59 Å². The zero-order valence-electron chi connectivity index (χ0n) is 14.4. The van der Waals surface area contributed by atoms with E-state index in [-0.39, 0.29) is 30.4 Å². The van der Waals surface area contributed by atoms with Crippen LogP contribution < -0.4 is 11.1 Å². The molecule has 0 radical (unpaired) electrons. The first kappa shape index (κ1) is 18.3. The highest BCUT2D eigenvalue weighted by Crippen LogP contribution is 2.17. The second-order valence-corrected chi connectivity index (χ2v) is 6.66. The molecule has 1 fully saturated rings. The Bertz CT molecular complexity index is 548. The summed E-state index contributed by atoms with van der Waals surface area (Å²) in [6.45, 7) is 5.92. The molecule has 2 amide bonds. The summed E-state index contributed by atoms with van der Waals surface area (Å²) in [6, 6.07) is 9.12. The lowest BCUT2D eigenvalue weighted by Crippen LogP contribution is -2.45. The number of ether oxygens (including phenoxy) is 1. The third-order valence-electron chi connectivity index (χ3n) is 4.34. The van der Waals surface area contributed by atoms with Gasteiger partial charge in [-0.25, -0.2) is 4.79 Å². The van der Waals surface area contributed by atoms with Crippen molar-refractivity contribution in [3.05, 3.63) is 35.9 Å². The number of rotatable bonds is 6. The lowest BCUT2D eigenvalue weighted by Gasteiger charge is -2.18. The Morgan fingerprint density at radius 2 is 2.04 bits per heavy atom. The molecule has 0 bridgehead atoms. The van der Waals surface area contributed by atoms with Crippen molar-refractivity contribution in [1.82, 2.24) is 10.2 Å². The molecule has 2 atom stereocenters. The highest BCUT2D eigenvalue weighted by Gasteiger charge is 2.28. The number of nitrogens with two attached hydrogens (primary N) is 1. The summed E-state index contributed by atoms with van der Waals surface area (Å²) >= 11 is 0. The van der Waals surface area contributed by atoms with Gasteiger partial charge in [0.05, 0.1) is 6.04 Å². The first-order valence-corrected chi connectivity index (χ1v) is 8.46. The zero-order valence-corrected chi connectivity index (χ0v) is 14.4. The Balaban J connectivity index is 1.70. The standard InChI is InChI=1S/C18H27N3O3/c1-13(2)16(19)17(22)20-10-15-8-9-21(11-15)18(23)24-12-14-6-4-3-5-7-14/h3-7,13,15-16H,8-12,19H2,1-2H3,(H,20,22). The summed E-state index contributed by atoms with van der Waals surface area (Å²) in [5.74, 6) is 0.228. The van der Waals surface area contributed by atoms with Crippen LogP contribution in [0.25, 0.3) is 0 Å². The van der Waals surface area contributed by atoms with E-state index in [0.717, 1.165) is 12.0 Å². The van der Waals surface area contributed by atoms with Crippen molar-refractivity contribution in [1.29, 1.82) is 0 Å². The molecule has 1 aromatic rings. The molecule has 0 aromatic heterocycles. The van der Waals surface area contributed by atoms with Crippen LogP contribution in [0.1, 0.15) is 25.8 Å². The van der Waals surface area contributed by atoms with Crippen LogP contribution in [-0.2, 0) is 16.1 Å². The van der Waals surface area contributed by atoms with Gasteiger partial charge >= 0.3 is 6.09 Å². The maximum Gasteiger partial charge on any atom is 0.410 e. The highest BCUT2D eigenvalue weighted by atomic mass is 16.6. The summed E-state index contributed by atoms with van der Waals surface area (Å²) in [4.78, 5) is 25.7. The smallest absolute Gasteiger partial charge is 0.410 e. The van der Waals surface area contributed by atoms with E-state index in [1.54, 1.807) is 4.90 Å². The van der Waals surface area contributed by atoms with Crippen molar-refractivity contribution in [2.75, 3.05) is 19.6 Å². The second kappa shape index (κ2) is 8.68. The molecule has 6 heteroatoms. The molecule has 0 saturated carbocycles. The van der Waals surface area contributed by atoms with Gasteiger partial charge in [-0.15, -0.1) is 0 Å². The SMILES string of the molecule is CC(C)C(N)C(=O)NCC1CCN(C(=O)OCc2ccccc2)C1. The van der Waals surface area contributed by atoms with Crippen LogP contribution in [0, 0.1) is 11.8 Å². The lowest BCUT2D eigenvalue weighted by molar-refractivity contribution is -0.123. The fraction of sp³-hybridized carbons (Fsp3) is 0.556. The normalized spacial score (nSPS) is 18.5. The third kappa shape index (κ3) is 5.23. The Morgan fingerprint density at radius 1 is 1.33 bits per heavy atom. The van der Waals surface area contributed by atoms with Crippen molar-refractivity contribution in [3.63, 3.8) is 0 Å². The number of carbonyl (C=O) groups is 2. The van der Waals surface area contributed by atoms with Crippen LogP contribution in [0.2, 0.25) is 0 Å². The topological polar surface area (TPSA) is 84.7 Å². The molecule has 6 nitrogen and oxygen atoms in total. The lowest BCUT2D eigenvalue weighted by atomic mass is 10.0. The minimum Gasteiger partial charge on any atom is -0.445 e. The van der Waals surface area contributed by atoms with Crippen LogP contribution in [0.4, 0.5) is 4.79 Å². The largest absolute Gasteiger partial charge is 0.445 e. The molecule has 24 heavy (non-hydrogen) atoms. The van der Waals surface area contributed by atoms with Crippen LogP contribution in [-0.4, -0.2) is 42.6 Å². The molecule has 0 aliphatic carbocycles. The molecular formula is C18H27N3O3. The van der Waals surface area contributed by atoms with Gasteiger partial charge in [0, 0.05) is 19.6 Å². The Labute approximate surface area is 143 Å². The van der Waals surface area contributed by atoms with Gasteiger partial charge in [-0.2, -0.15) is 0 Å². The first-order valence-electron chi connectivity index (χ1n) is 8.46. The fourth-order valence-electron chi connectivity index (χ4n) is 2.64. The van der Waals surface area contributed by atoms with E-state index in [1.165, 1.54) is 0 Å².